The van der Waals surface area contributed by atoms with Crippen LogP contribution in [0.4, 0.5) is 0 Å². The van der Waals surface area contributed by atoms with Gasteiger partial charge in [0.2, 0.25) is 0 Å². The van der Waals surface area contributed by atoms with E-state index in [-0.39, 0.29) is 13.2 Å². The van der Waals surface area contributed by atoms with Gasteiger partial charge in [-0.05, 0) is 6.92 Å². The molecule has 0 unspecified atom stereocenters. The maximum absolute atomic E-state index is 11.1. The van der Waals surface area contributed by atoms with Gasteiger partial charge in [-0.25, -0.2) is 0 Å². The Bertz CT molecular complexity index is 217. The SMILES string of the molecule is COCCNS(=O)(=O)N[C@H](C)CO. The van der Waals surface area contributed by atoms with Crippen LogP contribution < -0.4 is 9.44 Å². The smallest absolute Gasteiger partial charge is 0.277 e. The van der Waals surface area contributed by atoms with Crippen molar-refractivity contribution in [3.8, 4) is 0 Å². The Hall–Kier alpha value is -0.210. The molecule has 0 aromatic carbocycles. The molecule has 0 saturated heterocycles. The van der Waals surface area contributed by atoms with Crippen molar-refractivity contribution < 1.29 is 18.3 Å². The first kappa shape index (κ1) is 12.8. The van der Waals surface area contributed by atoms with Crippen LogP contribution in [-0.2, 0) is 14.9 Å². The van der Waals surface area contributed by atoms with Gasteiger partial charge in [0.25, 0.3) is 10.2 Å². The van der Waals surface area contributed by atoms with Gasteiger partial charge in [-0.1, -0.05) is 0 Å². The molecule has 3 N–H and O–H groups in total. The molecule has 6 nitrogen and oxygen atoms in total. The minimum Gasteiger partial charge on any atom is -0.395 e. The highest BCUT2D eigenvalue weighted by Crippen LogP contribution is 1.83. The van der Waals surface area contributed by atoms with E-state index in [1.165, 1.54) is 7.11 Å². The lowest BCUT2D eigenvalue weighted by molar-refractivity contribution is 0.204. The van der Waals surface area contributed by atoms with Crippen LogP contribution in [-0.4, -0.2) is 46.4 Å². The summed E-state index contributed by atoms with van der Waals surface area (Å²) in [7, 11) is -2.02. The van der Waals surface area contributed by atoms with Crippen molar-refractivity contribution in [3.05, 3.63) is 0 Å². The van der Waals surface area contributed by atoms with E-state index in [1.807, 2.05) is 0 Å². The molecule has 0 aliphatic heterocycles. The predicted molar refractivity (Wildman–Crippen MR) is 48.5 cm³/mol. The molecule has 0 spiro atoms. The van der Waals surface area contributed by atoms with Gasteiger partial charge < -0.3 is 9.84 Å². The highest BCUT2D eigenvalue weighted by molar-refractivity contribution is 7.87. The molecular weight excluding hydrogens is 196 g/mol. The molecule has 0 saturated carbocycles. The number of rotatable bonds is 7. The lowest BCUT2D eigenvalue weighted by Crippen LogP contribution is -2.43. The molecule has 0 heterocycles. The zero-order chi connectivity index (χ0) is 10.3. The average molecular weight is 212 g/mol. The standard InChI is InChI=1S/C6H16N2O4S/c1-6(5-9)8-13(10,11)7-3-4-12-2/h6-9H,3-5H2,1-2H3/t6-/m1/s1. The lowest BCUT2D eigenvalue weighted by atomic mass is 10.4. The molecule has 0 aromatic rings. The van der Waals surface area contributed by atoms with Gasteiger partial charge in [-0.3, -0.25) is 0 Å². The molecule has 0 amide bonds. The van der Waals surface area contributed by atoms with Crippen molar-refractivity contribution in [3.63, 3.8) is 0 Å². The van der Waals surface area contributed by atoms with Crippen molar-refractivity contribution in [2.45, 2.75) is 13.0 Å². The molecule has 0 radical (unpaired) electrons. The van der Waals surface area contributed by atoms with E-state index in [0.29, 0.717) is 6.61 Å². The summed E-state index contributed by atoms with van der Waals surface area (Å²) < 4.78 is 31.3. The van der Waals surface area contributed by atoms with Crippen LogP contribution in [0.1, 0.15) is 6.92 Å². The second kappa shape index (κ2) is 6.28. The second-order valence-electron chi connectivity index (χ2n) is 2.59. The zero-order valence-corrected chi connectivity index (χ0v) is 8.60. The van der Waals surface area contributed by atoms with E-state index >= 15 is 0 Å². The number of hydrogen-bond donors (Lipinski definition) is 3. The van der Waals surface area contributed by atoms with E-state index in [2.05, 4.69) is 14.2 Å². The van der Waals surface area contributed by atoms with Crippen LogP contribution in [0.25, 0.3) is 0 Å². The number of hydrogen-bond acceptors (Lipinski definition) is 4. The van der Waals surface area contributed by atoms with E-state index in [0.717, 1.165) is 0 Å². The summed E-state index contributed by atoms with van der Waals surface area (Å²) in [6.45, 7) is 1.86. The fourth-order valence-corrected chi connectivity index (χ4v) is 1.66. The normalized spacial score (nSPS) is 14.4. The van der Waals surface area contributed by atoms with Crippen molar-refractivity contribution in [2.75, 3.05) is 26.9 Å². The summed E-state index contributed by atoms with van der Waals surface area (Å²) in [6, 6.07) is -0.486. The Kier molecular flexibility index (Phi) is 6.17. The summed E-state index contributed by atoms with van der Waals surface area (Å²) >= 11 is 0. The molecule has 0 aliphatic carbocycles. The minimum atomic E-state index is -3.51. The Morgan fingerprint density at radius 3 is 2.62 bits per heavy atom. The highest BCUT2D eigenvalue weighted by atomic mass is 32.2. The quantitative estimate of drug-likeness (QED) is 0.445. The van der Waals surface area contributed by atoms with Gasteiger partial charge in [0, 0.05) is 19.7 Å². The summed E-state index contributed by atoms with van der Waals surface area (Å²) in [5.74, 6) is 0. The molecule has 0 aliphatic rings. The van der Waals surface area contributed by atoms with Gasteiger partial charge in [0.05, 0.1) is 13.2 Å². The van der Waals surface area contributed by atoms with Crippen LogP contribution >= 0.6 is 0 Å². The zero-order valence-electron chi connectivity index (χ0n) is 7.78. The Balaban J connectivity index is 3.81. The molecule has 0 rings (SSSR count). The summed E-state index contributed by atoms with van der Waals surface area (Å²) in [5, 5.41) is 8.59. The largest absolute Gasteiger partial charge is 0.395 e. The Labute approximate surface area is 78.5 Å². The molecule has 7 heteroatoms. The summed E-state index contributed by atoms with van der Waals surface area (Å²) in [5.41, 5.74) is 0. The number of aliphatic hydroxyl groups is 1. The third-order valence-electron chi connectivity index (χ3n) is 1.23. The maximum Gasteiger partial charge on any atom is 0.277 e. The van der Waals surface area contributed by atoms with Crippen LogP contribution in [0.2, 0.25) is 0 Å². The van der Waals surface area contributed by atoms with Crippen molar-refractivity contribution in [1.82, 2.24) is 9.44 Å². The van der Waals surface area contributed by atoms with Crippen LogP contribution in [0, 0.1) is 0 Å². The van der Waals surface area contributed by atoms with Crippen molar-refractivity contribution in [1.29, 1.82) is 0 Å². The first-order chi connectivity index (χ1) is 6.02. The van der Waals surface area contributed by atoms with Gasteiger partial charge >= 0.3 is 0 Å². The van der Waals surface area contributed by atoms with Crippen molar-refractivity contribution >= 4 is 10.2 Å². The monoisotopic (exact) mass is 212 g/mol. The van der Waals surface area contributed by atoms with Crippen LogP contribution in [0.3, 0.4) is 0 Å². The minimum absolute atomic E-state index is 0.212. The number of ether oxygens (including phenoxy) is 1. The van der Waals surface area contributed by atoms with Crippen molar-refractivity contribution in [2.24, 2.45) is 0 Å². The average Bonchev–Trinajstić information content (AvgIpc) is 2.03. The Morgan fingerprint density at radius 2 is 2.15 bits per heavy atom. The highest BCUT2D eigenvalue weighted by Gasteiger charge is 2.11. The van der Waals surface area contributed by atoms with E-state index in [1.54, 1.807) is 6.92 Å². The molecular formula is C6H16N2O4S. The third-order valence-corrected chi connectivity index (χ3v) is 2.53. The Morgan fingerprint density at radius 1 is 1.54 bits per heavy atom. The fourth-order valence-electron chi connectivity index (χ4n) is 0.622. The summed E-state index contributed by atoms with van der Waals surface area (Å²) in [6.07, 6.45) is 0. The summed E-state index contributed by atoms with van der Waals surface area (Å²) in [4.78, 5) is 0. The lowest BCUT2D eigenvalue weighted by Gasteiger charge is -2.11. The number of methoxy groups -OCH3 is 1. The second-order valence-corrected chi connectivity index (χ2v) is 4.12. The molecule has 80 valence electrons. The van der Waals surface area contributed by atoms with Crippen LogP contribution in [0.15, 0.2) is 0 Å². The topological polar surface area (TPSA) is 87.7 Å². The van der Waals surface area contributed by atoms with Crippen LogP contribution in [0.5, 0.6) is 0 Å². The first-order valence-electron chi connectivity index (χ1n) is 3.88. The molecule has 13 heavy (non-hydrogen) atoms. The van der Waals surface area contributed by atoms with E-state index in [9.17, 15) is 8.42 Å². The predicted octanol–water partition coefficient (Wildman–Crippen LogP) is -1.56. The first-order valence-corrected chi connectivity index (χ1v) is 5.37. The van der Waals surface area contributed by atoms with Gasteiger partial charge in [0.15, 0.2) is 0 Å². The fraction of sp³-hybridized carbons (Fsp3) is 1.00. The molecule has 0 fully saturated rings. The molecule has 0 bridgehead atoms. The molecule has 0 aromatic heterocycles. The van der Waals surface area contributed by atoms with Gasteiger partial charge in [0.1, 0.15) is 0 Å². The number of nitrogens with one attached hydrogen (secondary N) is 2. The number of aliphatic hydroxyl groups excluding tert-OH is 1. The molecule has 1 atom stereocenters. The van der Waals surface area contributed by atoms with E-state index < -0.39 is 16.3 Å². The maximum atomic E-state index is 11.1. The van der Waals surface area contributed by atoms with E-state index in [4.69, 9.17) is 5.11 Å². The van der Waals surface area contributed by atoms with Gasteiger partial charge in [-0.2, -0.15) is 17.9 Å². The van der Waals surface area contributed by atoms with Gasteiger partial charge in [-0.15, -0.1) is 0 Å². The third kappa shape index (κ3) is 6.91.